The van der Waals surface area contributed by atoms with Crippen LogP contribution in [0.5, 0.6) is 5.88 Å². The molecule has 0 aromatic carbocycles. The minimum Gasteiger partial charge on any atom is -0.477 e. The summed E-state index contributed by atoms with van der Waals surface area (Å²) in [5, 5.41) is 0. The number of carbonyl (C=O) groups excluding carboxylic acids is 1. The Balaban J connectivity index is 1.44. The van der Waals surface area contributed by atoms with E-state index in [1.165, 1.54) is 0 Å². The lowest BCUT2D eigenvalue weighted by Crippen LogP contribution is -2.69. The highest BCUT2D eigenvalue weighted by Crippen LogP contribution is 2.46. The number of rotatable bonds is 4. The van der Waals surface area contributed by atoms with Gasteiger partial charge in [-0.2, -0.15) is 0 Å². The van der Waals surface area contributed by atoms with E-state index in [4.69, 9.17) is 4.74 Å². The summed E-state index contributed by atoms with van der Waals surface area (Å²) in [5.74, 6) is 0.885. The zero-order valence-corrected chi connectivity index (χ0v) is 14.4. The molecule has 6 nitrogen and oxygen atoms in total. The van der Waals surface area contributed by atoms with E-state index in [0.29, 0.717) is 32.0 Å². The van der Waals surface area contributed by atoms with Crippen LogP contribution < -0.4 is 4.74 Å². The number of likely N-dealkylation sites (tertiary alicyclic amines) is 1. The highest BCUT2D eigenvalue weighted by molar-refractivity contribution is 7.93. The molecule has 2 saturated heterocycles. The lowest BCUT2D eigenvalue weighted by Gasteiger charge is -2.51. The van der Waals surface area contributed by atoms with Gasteiger partial charge in [-0.15, -0.1) is 0 Å². The van der Waals surface area contributed by atoms with E-state index >= 15 is 0 Å². The van der Waals surface area contributed by atoms with Crippen molar-refractivity contribution in [2.75, 3.05) is 25.4 Å². The summed E-state index contributed by atoms with van der Waals surface area (Å²) in [5.41, 5.74) is 0. The molecule has 4 rings (SSSR count). The van der Waals surface area contributed by atoms with Crippen molar-refractivity contribution in [2.24, 2.45) is 11.8 Å². The van der Waals surface area contributed by atoms with Gasteiger partial charge in [0.15, 0.2) is 9.84 Å². The predicted molar refractivity (Wildman–Crippen MR) is 88.3 cm³/mol. The Bertz CT molecular complexity index is 724. The van der Waals surface area contributed by atoms with Crippen LogP contribution in [0.25, 0.3) is 0 Å². The molecular formula is C17H22N2O4S. The monoisotopic (exact) mass is 350 g/mol. The summed E-state index contributed by atoms with van der Waals surface area (Å²) < 4.78 is 30.1. The number of nitrogens with zero attached hydrogens (tertiary/aromatic N) is 2. The maximum absolute atomic E-state index is 12.6. The third-order valence-corrected chi connectivity index (χ3v) is 8.46. The van der Waals surface area contributed by atoms with E-state index in [-0.39, 0.29) is 23.5 Å². The summed E-state index contributed by atoms with van der Waals surface area (Å²) >= 11 is 0. The van der Waals surface area contributed by atoms with Gasteiger partial charge < -0.3 is 9.64 Å². The average Bonchev–Trinajstić information content (AvgIpc) is 2.73. The second-order valence-corrected chi connectivity index (χ2v) is 9.62. The number of carbonyl (C=O) groups is 1. The van der Waals surface area contributed by atoms with Crippen molar-refractivity contribution in [1.29, 1.82) is 0 Å². The van der Waals surface area contributed by atoms with E-state index in [2.05, 4.69) is 4.98 Å². The lowest BCUT2D eigenvalue weighted by molar-refractivity contribution is -0.144. The highest BCUT2D eigenvalue weighted by atomic mass is 32.2. The van der Waals surface area contributed by atoms with Gasteiger partial charge in [-0.05, 0) is 25.3 Å². The van der Waals surface area contributed by atoms with Gasteiger partial charge in [0.05, 0.1) is 12.4 Å². The van der Waals surface area contributed by atoms with Crippen molar-refractivity contribution < 1.29 is 17.9 Å². The summed E-state index contributed by atoms with van der Waals surface area (Å²) in [6.07, 6.45) is 5.25. The molecule has 3 fully saturated rings. The zero-order chi connectivity index (χ0) is 16.8. The van der Waals surface area contributed by atoms with E-state index in [9.17, 15) is 13.2 Å². The van der Waals surface area contributed by atoms with Crippen molar-refractivity contribution in [1.82, 2.24) is 9.88 Å². The summed E-state index contributed by atoms with van der Waals surface area (Å²) in [7, 11) is -3.18. The number of aromatic nitrogens is 1. The first kappa shape index (κ1) is 15.9. The molecule has 1 amide bonds. The Morgan fingerprint density at radius 2 is 2.08 bits per heavy atom. The highest BCUT2D eigenvalue weighted by Gasteiger charge is 2.63. The van der Waals surface area contributed by atoms with Gasteiger partial charge in [0, 0.05) is 37.2 Å². The van der Waals surface area contributed by atoms with Crippen molar-refractivity contribution in [2.45, 2.75) is 30.4 Å². The van der Waals surface area contributed by atoms with E-state index in [1.807, 2.05) is 12.1 Å². The fourth-order valence-corrected chi connectivity index (χ4v) is 6.40. The number of hydrogen-bond acceptors (Lipinski definition) is 5. The van der Waals surface area contributed by atoms with Crippen molar-refractivity contribution in [3.8, 4) is 5.88 Å². The second kappa shape index (κ2) is 5.72. The van der Waals surface area contributed by atoms with E-state index in [1.54, 1.807) is 17.2 Å². The van der Waals surface area contributed by atoms with E-state index < -0.39 is 14.6 Å². The molecule has 1 aromatic heterocycles. The molecule has 0 N–H and O–H groups in total. The summed E-state index contributed by atoms with van der Waals surface area (Å²) in [6, 6.07) is 5.42. The van der Waals surface area contributed by atoms with Crippen molar-refractivity contribution in [3.05, 3.63) is 24.4 Å². The third kappa shape index (κ3) is 2.41. The van der Waals surface area contributed by atoms with Crippen LogP contribution in [-0.4, -0.2) is 54.4 Å². The van der Waals surface area contributed by atoms with Gasteiger partial charge in [0.25, 0.3) is 0 Å². The normalized spacial score (nSPS) is 27.5. The molecule has 1 spiro atoms. The Morgan fingerprint density at radius 1 is 1.29 bits per heavy atom. The van der Waals surface area contributed by atoms with Crippen LogP contribution in [-0.2, 0) is 14.6 Å². The summed E-state index contributed by atoms with van der Waals surface area (Å²) in [4.78, 5) is 18.2. The summed E-state index contributed by atoms with van der Waals surface area (Å²) in [6.45, 7) is 1.00. The van der Waals surface area contributed by atoms with Gasteiger partial charge >= 0.3 is 0 Å². The molecule has 1 saturated carbocycles. The van der Waals surface area contributed by atoms with Gasteiger partial charge in [0.1, 0.15) is 4.75 Å². The number of amides is 1. The Labute approximate surface area is 142 Å². The molecular weight excluding hydrogens is 328 g/mol. The van der Waals surface area contributed by atoms with Crippen LogP contribution in [0, 0.1) is 11.8 Å². The largest absolute Gasteiger partial charge is 0.477 e. The smallest absolute Gasteiger partial charge is 0.225 e. The van der Waals surface area contributed by atoms with Crippen LogP contribution in [0.1, 0.15) is 25.7 Å². The maximum Gasteiger partial charge on any atom is 0.225 e. The number of hydrogen-bond donors (Lipinski definition) is 0. The van der Waals surface area contributed by atoms with Crippen LogP contribution in [0.2, 0.25) is 0 Å². The van der Waals surface area contributed by atoms with E-state index in [0.717, 1.165) is 19.3 Å². The molecule has 1 atom stereocenters. The Kier molecular flexibility index (Phi) is 3.78. The fourth-order valence-electron chi connectivity index (χ4n) is 4.00. The minimum atomic E-state index is -3.18. The molecule has 1 unspecified atom stereocenters. The van der Waals surface area contributed by atoms with Crippen LogP contribution >= 0.6 is 0 Å². The quantitative estimate of drug-likeness (QED) is 0.817. The molecule has 1 aliphatic carbocycles. The maximum atomic E-state index is 12.6. The van der Waals surface area contributed by atoms with Crippen molar-refractivity contribution >= 4 is 15.7 Å². The first-order valence-electron chi connectivity index (χ1n) is 8.57. The zero-order valence-electron chi connectivity index (χ0n) is 13.6. The third-order valence-electron chi connectivity index (χ3n) is 5.85. The molecule has 130 valence electrons. The van der Waals surface area contributed by atoms with Gasteiger partial charge in [-0.25, -0.2) is 13.4 Å². The molecule has 24 heavy (non-hydrogen) atoms. The number of sulfone groups is 1. The van der Waals surface area contributed by atoms with Crippen LogP contribution in [0.15, 0.2) is 24.4 Å². The Morgan fingerprint density at radius 3 is 2.71 bits per heavy atom. The molecule has 0 radical (unpaired) electrons. The number of ether oxygens (including phenoxy) is 1. The molecule has 3 heterocycles. The van der Waals surface area contributed by atoms with Gasteiger partial charge in [0.2, 0.25) is 11.8 Å². The van der Waals surface area contributed by atoms with Crippen LogP contribution in [0.3, 0.4) is 0 Å². The van der Waals surface area contributed by atoms with Crippen molar-refractivity contribution in [3.63, 3.8) is 0 Å². The first-order chi connectivity index (χ1) is 11.5. The topological polar surface area (TPSA) is 76.6 Å². The Hall–Kier alpha value is -1.63. The molecule has 1 aromatic rings. The lowest BCUT2D eigenvalue weighted by atomic mass is 9.79. The molecule has 0 bridgehead atoms. The minimum absolute atomic E-state index is 0.0741. The number of pyridine rings is 1. The van der Waals surface area contributed by atoms with Gasteiger partial charge in [-0.3, -0.25) is 4.79 Å². The molecule has 2 aliphatic heterocycles. The molecule has 7 heteroatoms. The standard InChI is InChI=1S/C17H22N2O4S/c20-16(13-4-3-5-13)19-11-17(12-19)14(7-9-24(17,21)22)10-23-15-6-1-2-8-18-15/h1-2,6,8,13-14H,3-5,7,9-12H2. The second-order valence-electron chi connectivity index (χ2n) is 7.17. The fraction of sp³-hybridized carbons (Fsp3) is 0.647. The SMILES string of the molecule is O=C(C1CCC1)N1CC2(C1)C(COc1ccccn1)CCS2(=O)=O. The predicted octanol–water partition coefficient (Wildman–Crippen LogP) is 1.28. The van der Waals surface area contributed by atoms with Crippen LogP contribution in [0.4, 0.5) is 0 Å². The average molecular weight is 350 g/mol. The molecule has 3 aliphatic rings. The first-order valence-corrected chi connectivity index (χ1v) is 10.2. The van der Waals surface area contributed by atoms with Gasteiger partial charge in [-0.1, -0.05) is 12.5 Å².